The maximum absolute atomic E-state index is 12.8. The molecule has 2 aromatic carbocycles. The molecule has 0 aliphatic carbocycles. The summed E-state index contributed by atoms with van der Waals surface area (Å²) in [5, 5.41) is 2.64. The van der Waals surface area contributed by atoms with E-state index in [9.17, 15) is 21.6 Å². The average Bonchev–Trinajstić information content (AvgIpc) is 2.66. The van der Waals surface area contributed by atoms with Gasteiger partial charge in [0.1, 0.15) is 11.8 Å². The van der Waals surface area contributed by atoms with Crippen molar-refractivity contribution in [2.75, 3.05) is 40.6 Å². The molecule has 1 atom stereocenters. The zero-order valence-corrected chi connectivity index (χ0v) is 19.0. The topological polar surface area (TPSA) is 113 Å². The van der Waals surface area contributed by atoms with Crippen LogP contribution in [0.15, 0.2) is 48.5 Å². The van der Waals surface area contributed by atoms with Crippen LogP contribution in [0.25, 0.3) is 0 Å². The highest BCUT2D eigenvalue weighted by Gasteiger charge is 2.29. The van der Waals surface area contributed by atoms with E-state index in [1.54, 1.807) is 42.5 Å². The molecule has 0 saturated carbocycles. The molecule has 2 aromatic rings. The van der Waals surface area contributed by atoms with Gasteiger partial charge in [-0.05, 0) is 49.4 Å². The predicted octanol–water partition coefficient (Wildman–Crippen LogP) is 1.88. The number of nitrogens with one attached hydrogen (secondary N) is 1. The van der Waals surface area contributed by atoms with Gasteiger partial charge in [-0.15, -0.1) is 0 Å². The summed E-state index contributed by atoms with van der Waals surface area (Å²) in [6.45, 7) is 1.47. The van der Waals surface area contributed by atoms with E-state index in [1.165, 1.54) is 27.1 Å². The van der Waals surface area contributed by atoms with E-state index in [2.05, 4.69) is 5.32 Å². The SMILES string of the molecule is COc1ccc(N([C@@H](C)C(=O)Nc2cccc(N(C)S(C)(=O)=O)c2)S(C)(=O)=O)cc1. The number of nitrogens with zero attached hydrogens (tertiary/aromatic N) is 2. The molecular formula is C19H25N3O6S2. The molecule has 9 nitrogen and oxygen atoms in total. The Morgan fingerprint density at radius 2 is 1.57 bits per heavy atom. The Bertz CT molecular complexity index is 1120. The maximum Gasteiger partial charge on any atom is 0.247 e. The number of ether oxygens (including phenoxy) is 1. The highest BCUT2D eigenvalue weighted by molar-refractivity contribution is 7.92. The summed E-state index contributed by atoms with van der Waals surface area (Å²) < 4.78 is 55.4. The van der Waals surface area contributed by atoms with Crippen LogP contribution in [0, 0.1) is 0 Å². The number of anilines is 3. The van der Waals surface area contributed by atoms with Crippen molar-refractivity contribution in [3.05, 3.63) is 48.5 Å². The molecule has 0 aromatic heterocycles. The van der Waals surface area contributed by atoms with E-state index >= 15 is 0 Å². The number of rotatable bonds is 8. The number of sulfonamides is 2. The van der Waals surface area contributed by atoms with Gasteiger partial charge < -0.3 is 10.1 Å². The van der Waals surface area contributed by atoms with Crippen LogP contribution >= 0.6 is 0 Å². The van der Waals surface area contributed by atoms with E-state index in [-0.39, 0.29) is 0 Å². The zero-order valence-electron chi connectivity index (χ0n) is 17.4. The van der Waals surface area contributed by atoms with Gasteiger partial charge in [-0.3, -0.25) is 13.4 Å². The van der Waals surface area contributed by atoms with Gasteiger partial charge in [0.15, 0.2) is 0 Å². The fourth-order valence-electron chi connectivity index (χ4n) is 2.76. The largest absolute Gasteiger partial charge is 0.497 e. The van der Waals surface area contributed by atoms with Gasteiger partial charge in [-0.1, -0.05) is 6.07 Å². The summed E-state index contributed by atoms with van der Waals surface area (Å²) in [4.78, 5) is 12.8. The number of hydrogen-bond acceptors (Lipinski definition) is 6. The van der Waals surface area contributed by atoms with Crippen LogP contribution in [-0.2, 0) is 24.8 Å². The Balaban J connectivity index is 2.30. The molecule has 164 valence electrons. The molecule has 1 amide bonds. The molecule has 0 radical (unpaired) electrons. The van der Waals surface area contributed by atoms with E-state index in [4.69, 9.17) is 4.74 Å². The van der Waals surface area contributed by atoms with Crippen molar-refractivity contribution in [2.45, 2.75) is 13.0 Å². The molecule has 0 saturated heterocycles. The molecular weight excluding hydrogens is 430 g/mol. The zero-order chi connectivity index (χ0) is 22.7. The first-order chi connectivity index (χ1) is 13.8. The Morgan fingerprint density at radius 1 is 0.967 bits per heavy atom. The lowest BCUT2D eigenvalue weighted by Crippen LogP contribution is -2.45. The van der Waals surface area contributed by atoms with Crippen molar-refractivity contribution >= 4 is 43.0 Å². The van der Waals surface area contributed by atoms with Gasteiger partial charge >= 0.3 is 0 Å². The van der Waals surface area contributed by atoms with E-state index in [0.717, 1.165) is 21.1 Å². The van der Waals surface area contributed by atoms with Gasteiger partial charge in [0.05, 0.1) is 31.0 Å². The Hall–Kier alpha value is -2.79. The second kappa shape index (κ2) is 8.92. The van der Waals surface area contributed by atoms with Crippen molar-refractivity contribution in [3.8, 4) is 5.75 Å². The second-order valence-electron chi connectivity index (χ2n) is 6.70. The van der Waals surface area contributed by atoms with Gasteiger partial charge in [0.2, 0.25) is 26.0 Å². The van der Waals surface area contributed by atoms with Crippen molar-refractivity contribution in [1.82, 2.24) is 0 Å². The molecule has 0 unspecified atom stereocenters. The summed E-state index contributed by atoms with van der Waals surface area (Å²) in [6.07, 6.45) is 2.09. The van der Waals surface area contributed by atoms with Crippen molar-refractivity contribution in [1.29, 1.82) is 0 Å². The van der Waals surface area contributed by atoms with Gasteiger partial charge in [-0.25, -0.2) is 16.8 Å². The van der Waals surface area contributed by atoms with E-state index in [0.29, 0.717) is 22.8 Å². The molecule has 11 heteroatoms. The third-order valence-electron chi connectivity index (χ3n) is 4.39. The highest BCUT2D eigenvalue weighted by atomic mass is 32.2. The van der Waals surface area contributed by atoms with Crippen molar-refractivity contribution in [2.24, 2.45) is 0 Å². The first kappa shape index (κ1) is 23.5. The molecule has 30 heavy (non-hydrogen) atoms. The second-order valence-corrected chi connectivity index (χ2v) is 10.6. The van der Waals surface area contributed by atoms with Crippen LogP contribution in [0.3, 0.4) is 0 Å². The van der Waals surface area contributed by atoms with Crippen LogP contribution in [0.4, 0.5) is 17.1 Å². The summed E-state index contributed by atoms with van der Waals surface area (Å²) in [5.74, 6) is -0.0217. The average molecular weight is 456 g/mol. The third kappa shape index (κ3) is 5.63. The summed E-state index contributed by atoms with van der Waals surface area (Å²) in [6, 6.07) is 11.5. The molecule has 1 N–H and O–H groups in total. The lowest BCUT2D eigenvalue weighted by Gasteiger charge is -2.28. The molecule has 0 fully saturated rings. The number of benzene rings is 2. The fraction of sp³-hybridized carbons (Fsp3) is 0.316. The molecule has 0 bridgehead atoms. The highest BCUT2D eigenvalue weighted by Crippen LogP contribution is 2.25. The summed E-state index contributed by atoms with van der Waals surface area (Å²) in [5.41, 5.74) is 1.01. The number of amides is 1. The Labute approximate surface area is 177 Å². The maximum atomic E-state index is 12.8. The third-order valence-corrected chi connectivity index (χ3v) is 6.84. The monoisotopic (exact) mass is 455 g/mol. The molecule has 0 heterocycles. The number of carbonyl (C=O) groups is 1. The number of hydrogen-bond donors (Lipinski definition) is 1. The van der Waals surface area contributed by atoms with Crippen LogP contribution in [0.2, 0.25) is 0 Å². The normalized spacial score (nSPS) is 12.7. The minimum absolute atomic E-state index is 0.312. The summed E-state index contributed by atoms with van der Waals surface area (Å²) >= 11 is 0. The lowest BCUT2D eigenvalue weighted by atomic mass is 10.2. The lowest BCUT2D eigenvalue weighted by molar-refractivity contribution is -0.116. The van der Waals surface area contributed by atoms with Gasteiger partial charge in [0, 0.05) is 12.7 Å². The van der Waals surface area contributed by atoms with Crippen LogP contribution in [-0.4, -0.2) is 55.5 Å². The minimum atomic E-state index is -3.77. The first-order valence-electron chi connectivity index (χ1n) is 8.83. The van der Waals surface area contributed by atoms with Crippen molar-refractivity contribution < 1.29 is 26.4 Å². The van der Waals surface area contributed by atoms with Gasteiger partial charge in [0.25, 0.3) is 0 Å². The Morgan fingerprint density at radius 3 is 2.07 bits per heavy atom. The molecule has 2 rings (SSSR count). The molecule has 0 aliphatic rings. The van der Waals surface area contributed by atoms with E-state index < -0.39 is 32.0 Å². The molecule has 0 aliphatic heterocycles. The number of carbonyl (C=O) groups excluding carboxylic acids is 1. The summed E-state index contributed by atoms with van der Waals surface area (Å²) in [7, 11) is -4.35. The fourth-order valence-corrected chi connectivity index (χ4v) is 4.43. The van der Waals surface area contributed by atoms with E-state index in [1.807, 2.05) is 0 Å². The van der Waals surface area contributed by atoms with Crippen LogP contribution < -0.4 is 18.7 Å². The first-order valence-corrected chi connectivity index (χ1v) is 12.5. The molecule has 0 spiro atoms. The van der Waals surface area contributed by atoms with Gasteiger partial charge in [-0.2, -0.15) is 0 Å². The Kier molecular flexibility index (Phi) is 6.99. The minimum Gasteiger partial charge on any atom is -0.497 e. The number of methoxy groups -OCH3 is 1. The quantitative estimate of drug-likeness (QED) is 0.650. The smallest absolute Gasteiger partial charge is 0.247 e. The predicted molar refractivity (Wildman–Crippen MR) is 118 cm³/mol. The van der Waals surface area contributed by atoms with Crippen LogP contribution in [0.5, 0.6) is 5.75 Å². The standard InChI is InChI=1S/C19H25N3O6S2/c1-14(22(30(5,26)27)16-9-11-18(28-3)12-10-16)19(23)20-15-7-6-8-17(13-15)21(2)29(4,24)25/h6-14H,1-5H3,(H,20,23)/t14-/m0/s1. The van der Waals surface area contributed by atoms with Crippen molar-refractivity contribution in [3.63, 3.8) is 0 Å². The van der Waals surface area contributed by atoms with Crippen LogP contribution in [0.1, 0.15) is 6.92 Å².